The number of hydrogen-bond acceptors (Lipinski definition) is 1. The van der Waals surface area contributed by atoms with E-state index in [1.807, 2.05) is 0 Å². The Bertz CT molecular complexity index is 32.8. The molecule has 0 unspecified atom stereocenters. The molecule has 0 radical (unpaired) electrons. The van der Waals surface area contributed by atoms with Crippen LogP contribution in [-0.2, 0) is 11.4 Å². The quantitative estimate of drug-likeness (QED) is 0.305. The third-order valence-corrected chi connectivity index (χ3v) is 0. The van der Waals surface area contributed by atoms with Crippen LogP contribution in [0, 0.1) is 0 Å². The van der Waals surface area contributed by atoms with E-state index in [2.05, 4.69) is 0 Å². The van der Waals surface area contributed by atoms with Gasteiger partial charge in [0.1, 0.15) is 0 Å². The molecular formula is H18MgO10S. The Morgan fingerprint density at radius 3 is 0.667 bits per heavy atom. The second-order valence-electron chi connectivity index (χ2n) is 0.231. The fourth-order valence-corrected chi connectivity index (χ4v) is 0. The third-order valence-electron chi connectivity index (χ3n) is 0. The molecule has 0 bridgehead atoms. The van der Waals surface area contributed by atoms with Gasteiger partial charge in [0.05, 0.1) is 0 Å². The van der Waals surface area contributed by atoms with Gasteiger partial charge in [0.15, 0.2) is 0 Å². The summed E-state index contributed by atoms with van der Waals surface area (Å²) in [6, 6.07) is 0. The largest absolute Gasteiger partial charge is 0.412 e. The lowest BCUT2D eigenvalue weighted by Gasteiger charge is -1.59. The molecule has 0 fully saturated rings. The lowest BCUT2D eigenvalue weighted by Crippen LogP contribution is -1.74. The van der Waals surface area contributed by atoms with Crippen LogP contribution in [0.4, 0.5) is 0 Å². The van der Waals surface area contributed by atoms with E-state index in [4.69, 9.17) is 13.3 Å². The van der Waals surface area contributed by atoms with E-state index >= 15 is 0 Å². The van der Waals surface area contributed by atoms with Gasteiger partial charge in [-0.05, 0) is 0 Å². The Kier molecular flexibility index (Phi) is 1130. The van der Waals surface area contributed by atoms with Crippen LogP contribution in [0.15, 0.2) is 0 Å². The molecule has 12 heteroatoms. The maximum atomic E-state index is 8.67. The van der Waals surface area contributed by atoms with Gasteiger partial charge >= 0.3 is 23.1 Å². The zero-order valence-corrected chi connectivity index (χ0v) is 6.03. The first-order valence-electron chi connectivity index (χ1n) is 0.532. The van der Waals surface area contributed by atoms with E-state index in [0.717, 1.165) is 0 Å². The van der Waals surface area contributed by atoms with Crippen molar-refractivity contribution in [1.29, 1.82) is 0 Å². The molecule has 0 rings (SSSR count). The topological polar surface area (TPSA) is 278 Å². The summed E-state index contributed by atoms with van der Waals surface area (Å²) < 4.78 is 22.8. The van der Waals surface area contributed by atoms with Crippen molar-refractivity contribution in [2.45, 2.75) is 0 Å². The molecule has 16 N–H and O–H groups in total. The summed E-state index contributed by atoms with van der Waals surface area (Å²) in [5.41, 5.74) is 0. The SMILES string of the molecule is O.O.O.O.O.O.O.O=S(O)O.[MgH2]. The van der Waals surface area contributed by atoms with Gasteiger partial charge < -0.3 is 38.3 Å². The van der Waals surface area contributed by atoms with Crippen molar-refractivity contribution < 1.29 is 51.6 Å². The first-order valence-corrected chi connectivity index (χ1v) is 1.60. The van der Waals surface area contributed by atoms with Crippen LogP contribution in [0.25, 0.3) is 0 Å². The Labute approximate surface area is 86.4 Å². The first-order chi connectivity index (χ1) is 1.73. The standard InChI is InChI=1S/Mg.H2O3S.7H2O.2H/c;1-4(2)3;;;;;;;;;/h;(H2,1,2,3);7*1H2;;. The van der Waals surface area contributed by atoms with Crippen LogP contribution >= 0.6 is 0 Å². The van der Waals surface area contributed by atoms with E-state index in [9.17, 15) is 0 Å². The van der Waals surface area contributed by atoms with Crippen LogP contribution in [0.1, 0.15) is 0 Å². The van der Waals surface area contributed by atoms with Gasteiger partial charge in [-0.3, -0.25) is 9.11 Å². The van der Waals surface area contributed by atoms with Crippen molar-refractivity contribution in [3.8, 4) is 0 Å². The average Bonchev–Trinajstić information content (AvgIpc) is 0.811. The molecule has 0 heterocycles. The van der Waals surface area contributed by atoms with Crippen LogP contribution in [0.3, 0.4) is 0 Å². The molecule has 0 aliphatic heterocycles. The van der Waals surface area contributed by atoms with E-state index in [-0.39, 0.29) is 61.4 Å². The Morgan fingerprint density at radius 2 is 0.667 bits per heavy atom. The molecule has 0 aromatic carbocycles. The molecule has 0 aromatic rings. The van der Waals surface area contributed by atoms with Crippen molar-refractivity contribution in [1.82, 2.24) is 0 Å². The van der Waals surface area contributed by atoms with Gasteiger partial charge in [0, 0.05) is 0 Å². The van der Waals surface area contributed by atoms with Crippen LogP contribution < -0.4 is 0 Å². The molecule has 0 aromatic heterocycles. The molecular weight excluding hydrogens is 216 g/mol. The monoisotopic (exact) mass is 234 g/mol. The van der Waals surface area contributed by atoms with Crippen LogP contribution in [-0.4, -0.2) is 74.7 Å². The lowest BCUT2D eigenvalue weighted by molar-refractivity contribution is 0.454. The molecule has 10 nitrogen and oxygen atoms in total. The molecule has 0 saturated heterocycles. The van der Waals surface area contributed by atoms with Gasteiger partial charge in [-0.2, -0.15) is 4.21 Å². The Morgan fingerprint density at radius 1 is 0.667 bits per heavy atom. The highest BCUT2D eigenvalue weighted by Gasteiger charge is 1.62. The second-order valence-corrected chi connectivity index (χ2v) is 0.692. The number of hydrogen-bond donors (Lipinski definition) is 2. The first kappa shape index (κ1) is 133. The minimum absolute atomic E-state index is 0. The van der Waals surface area contributed by atoms with Gasteiger partial charge in [0.2, 0.25) is 0 Å². The summed E-state index contributed by atoms with van der Waals surface area (Å²) in [5.74, 6) is 0. The van der Waals surface area contributed by atoms with Crippen LogP contribution in [0.5, 0.6) is 0 Å². The molecule has 86 valence electrons. The van der Waals surface area contributed by atoms with Gasteiger partial charge in [-0.25, -0.2) is 0 Å². The van der Waals surface area contributed by atoms with Crippen molar-refractivity contribution in [3.63, 3.8) is 0 Å². The van der Waals surface area contributed by atoms with E-state index in [1.54, 1.807) is 0 Å². The van der Waals surface area contributed by atoms with Crippen LogP contribution in [0.2, 0.25) is 0 Å². The summed E-state index contributed by atoms with van der Waals surface area (Å²) in [6.07, 6.45) is 0. The highest BCUT2D eigenvalue weighted by Crippen LogP contribution is 1.44. The highest BCUT2D eigenvalue weighted by atomic mass is 32.2. The summed E-state index contributed by atoms with van der Waals surface area (Å²) in [4.78, 5) is 0. The van der Waals surface area contributed by atoms with E-state index < -0.39 is 11.4 Å². The molecule has 0 spiro atoms. The maximum absolute atomic E-state index is 8.67. The molecule has 0 amide bonds. The van der Waals surface area contributed by atoms with Gasteiger partial charge in [-0.15, -0.1) is 0 Å². The summed E-state index contributed by atoms with van der Waals surface area (Å²) in [7, 11) is 0. The zero-order valence-electron chi connectivity index (χ0n) is 5.21. The maximum Gasteiger partial charge on any atom is 0.316 e. The minimum atomic E-state index is -2.61. The van der Waals surface area contributed by atoms with E-state index in [1.165, 1.54) is 0 Å². The predicted octanol–water partition coefficient (Wildman–Crippen LogP) is -7.01. The molecule has 12 heavy (non-hydrogen) atoms. The molecule has 0 atom stereocenters. The third kappa shape index (κ3) is 3120. The number of rotatable bonds is 0. The predicted molar refractivity (Wildman–Crippen MR) is 47.2 cm³/mol. The second kappa shape index (κ2) is 102. The summed E-state index contributed by atoms with van der Waals surface area (Å²) >= 11 is -2.61. The highest BCUT2D eigenvalue weighted by molar-refractivity contribution is 7.73. The van der Waals surface area contributed by atoms with Crippen molar-refractivity contribution in [2.24, 2.45) is 0 Å². The smallest absolute Gasteiger partial charge is 0.316 e. The normalized spacial score (nSPS) is 2.92. The van der Waals surface area contributed by atoms with Crippen molar-refractivity contribution >= 4 is 34.4 Å². The fraction of sp³-hybridized carbons (Fsp3) is 0. The van der Waals surface area contributed by atoms with E-state index in [0.29, 0.717) is 0 Å². The van der Waals surface area contributed by atoms with Gasteiger partial charge in [0.25, 0.3) is 11.4 Å². The fourth-order valence-electron chi connectivity index (χ4n) is 0. The van der Waals surface area contributed by atoms with Crippen molar-refractivity contribution in [3.05, 3.63) is 0 Å². The minimum Gasteiger partial charge on any atom is -0.412 e. The molecule has 0 saturated carbocycles. The summed E-state index contributed by atoms with van der Waals surface area (Å²) in [6.45, 7) is 0. The average molecular weight is 235 g/mol. The zero-order chi connectivity index (χ0) is 3.58. The Balaban J connectivity index is -0.00000000161. The Hall–Kier alpha value is 0.556. The lowest BCUT2D eigenvalue weighted by atomic mass is 15.8. The molecule has 0 aliphatic rings. The summed E-state index contributed by atoms with van der Waals surface area (Å²) in [5, 5.41) is 0. The van der Waals surface area contributed by atoms with Crippen molar-refractivity contribution in [2.75, 3.05) is 0 Å². The van der Waals surface area contributed by atoms with Gasteiger partial charge in [-0.1, -0.05) is 0 Å². The molecule has 0 aliphatic carbocycles.